The molecular formula is C24H28N2O2. The van der Waals surface area contributed by atoms with Gasteiger partial charge in [-0.05, 0) is 85.6 Å². The Hall–Kier alpha value is -2.33. The van der Waals surface area contributed by atoms with Gasteiger partial charge in [-0.3, -0.25) is 0 Å². The molecule has 5 rings (SSSR count). The van der Waals surface area contributed by atoms with E-state index in [1.165, 1.54) is 24.0 Å². The SMILES string of the molecule is COc1ccc([C@H]2CC[C@H]([C@H](O)c3c(C4CC4)ccn4cncc34)CC2)cc1. The molecule has 0 spiro atoms. The second-order valence-electron chi connectivity index (χ2n) is 8.47. The van der Waals surface area contributed by atoms with Gasteiger partial charge in [0.1, 0.15) is 5.75 Å². The van der Waals surface area contributed by atoms with Gasteiger partial charge in [0.25, 0.3) is 0 Å². The normalized spacial score (nSPS) is 23.6. The van der Waals surface area contributed by atoms with Crippen LogP contribution in [0, 0.1) is 5.92 Å². The minimum Gasteiger partial charge on any atom is -0.497 e. The Bertz CT molecular complexity index is 950. The monoisotopic (exact) mass is 376 g/mol. The van der Waals surface area contributed by atoms with Crippen LogP contribution in [0.3, 0.4) is 0 Å². The van der Waals surface area contributed by atoms with Crippen LogP contribution in [0.4, 0.5) is 0 Å². The summed E-state index contributed by atoms with van der Waals surface area (Å²) in [6.45, 7) is 0. The Morgan fingerprint density at radius 3 is 2.39 bits per heavy atom. The summed E-state index contributed by atoms with van der Waals surface area (Å²) in [5.41, 5.74) is 4.95. The molecule has 1 aromatic carbocycles. The minimum atomic E-state index is -0.396. The predicted molar refractivity (Wildman–Crippen MR) is 110 cm³/mol. The average molecular weight is 377 g/mol. The molecule has 146 valence electrons. The first-order valence-electron chi connectivity index (χ1n) is 10.5. The fraction of sp³-hybridized carbons (Fsp3) is 0.458. The molecule has 3 aromatic rings. The summed E-state index contributed by atoms with van der Waals surface area (Å²) in [5.74, 6) is 2.45. The van der Waals surface area contributed by atoms with Crippen LogP contribution < -0.4 is 4.74 Å². The zero-order valence-electron chi connectivity index (χ0n) is 16.4. The third-order valence-electron chi connectivity index (χ3n) is 6.79. The summed E-state index contributed by atoms with van der Waals surface area (Å²) >= 11 is 0. The number of imidazole rings is 1. The summed E-state index contributed by atoms with van der Waals surface area (Å²) in [4.78, 5) is 4.32. The lowest BCUT2D eigenvalue weighted by molar-refractivity contribution is 0.0810. The lowest BCUT2D eigenvalue weighted by Gasteiger charge is -2.33. The summed E-state index contributed by atoms with van der Waals surface area (Å²) in [6.07, 6.45) is 12.3. The Labute approximate surface area is 166 Å². The molecule has 2 fully saturated rings. The van der Waals surface area contributed by atoms with E-state index in [-0.39, 0.29) is 0 Å². The lowest BCUT2D eigenvalue weighted by atomic mass is 9.75. The van der Waals surface area contributed by atoms with Crippen LogP contribution >= 0.6 is 0 Å². The summed E-state index contributed by atoms with van der Waals surface area (Å²) in [5, 5.41) is 11.4. The van der Waals surface area contributed by atoms with Crippen LogP contribution in [-0.4, -0.2) is 21.6 Å². The maximum Gasteiger partial charge on any atom is 0.118 e. The number of ether oxygens (including phenoxy) is 1. The third-order valence-corrected chi connectivity index (χ3v) is 6.79. The molecule has 0 radical (unpaired) electrons. The van der Waals surface area contributed by atoms with Gasteiger partial charge in [0, 0.05) is 11.8 Å². The number of methoxy groups -OCH3 is 1. The molecular weight excluding hydrogens is 348 g/mol. The average Bonchev–Trinajstić information content (AvgIpc) is 3.49. The summed E-state index contributed by atoms with van der Waals surface area (Å²) in [7, 11) is 1.71. The van der Waals surface area contributed by atoms with Crippen LogP contribution in [0.15, 0.2) is 49.1 Å². The number of hydrogen-bond donors (Lipinski definition) is 1. The smallest absolute Gasteiger partial charge is 0.118 e. The number of hydrogen-bond acceptors (Lipinski definition) is 3. The highest BCUT2D eigenvalue weighted by molar-refractivity contribution is 5.59. The first-order chi connectivity index (χ1) is 13.7. The van der Waals surface area contributed by atoms with Crippen LogP contribution in [-0.2, 0) is 0 Å². The molecule has 2 aliphatic carbocycles. The number of fused-ring (bicyclic) bond motifs is 1. The van der Waals surface area contributed by atoms with Crippen molar-refractivity contribution in [3.8, 4) is 5.75 Å². The molecule has 2 aromatic heterocycles. The second kappa shape index (κ2) is 7.25. The van der Waals surface area contributed by atoms with Crippen molar-refractivity contribution in [1.29, 1.82) is 0 Å². The molecule has 0 bridgehead atoms. The number of benzene rings is 1. The fourth-order valence-electron chi connectivity index (χ4n) is 4.98. The quantitative estimate of drug-likeness (QED) is 0.663. The van der Waals surface area contributed by atoms with E-state index in [1.54, 1.807) is 7.11 Å². The number of aromatic nitrogens is 2. The van der Waals surface area contributed by atoms with E-state index in [9.17, 15) is 5.11 Å². The Balaban J connectivity index is 1.34. The van der Waals surface area contributed by atoms with Crippen molar-refractivity contribution in [2.24, 2.45) is 5.92 Å². The van der Waals surface area contributed by atoms with Crippen molar-refractivity contribution in [3.05, 3.63) is 65.7 Å². The van der Waals surface area contributed by atoms with Crippen LogP contribution in [0.2, 0.25) is 0 Å². The Kier molecular flexibility index (Phi) is 4.59. The highest BCUT2D eigenvalue weighted by atomic mass is 16.5. The number of nitrogens with zero attached hydrogens (tertiary/aromatic N) is 2. The second-order valence-corrected chi connectivity index (χ2v) is 8.47. The van der Waals surface area contributed by atoms with Gasteiger partial charge < -0.3 is 14.2 Å². The maximum atomic E-state index is 11.4. The van der Waals surface area contributed by atoms with E-state index in [1.807, 2.05) is 16.9 Å². The number of rotatable bonds is 5. The van der Waals surface area contributed by atoms with Gasteiger partial charge in [-0.1, -0.05) is 12.1 Å². The van der Waals surface area contributed by atoms with Crippen LogP contribution in [0.1, 0.15) is 73.2 Å². The van der Waals surface area contributed by atoms with Gasteiger partial charge in [-0.25, -0.2) is 4.98 Å². The van der Waals surface area contributed by atoms with Crippen molar-refractivity contribution in [3.63, 3.8) is 0 Å². The van der Waals surface area contributed by atoms with Gasteiger partial charge in [0.15, 0.2) is 0 Å². The van der Waals surface area contributed by atoms with Crippen LogP contribution in [0.5, 0.6) is 5.75 Å². The zero-order valence-corrected chi connectivity index (χ0v) is 16.4. The fourth-order valence-corrected chi connectivity index (χ4v) is 4.98. The topological polar surface area (TPSA) is 46.8 Å². The number of pyridine rings is 1. The molecule has 4 nitrogen and oxygen atoms in total. The Morgan fingerprint density at radius 2 is 1.71 bits per heavy atom. The number of aliphatic hydroxyl groups is 1. The van der Waals surface area contributed by atoms with Gasteiger partial charge in [-0.15, -0.1) is 0 Å². The largest absolute Gasteiger partial charge is 0.497 e. The lowest BCUT2D eigenvalue weighted by Crippen LogP contribution is -2.21. The zero-order chi connectivity index (χ0) is 19.1. The van der Waals surface area contributed by atoms with E-state index >= 15 is 0 Å². The predicted octanol–water partition coefficient (Wildman–Crippen LogP) is 5.23. The molecule has 1 N–H and O–H groups in total. The molecule has 28 heavy (non-hydrogen) atoms. The van der Waals surface area contributed by atoms with Crippen molar-refractivity contribution < 1.29 is 9.84 Å². The van der Waals surface area contributed by atoms with E-state index in [4.69, 9.17) is 4.74 Å². The highest BCUT2D eigenvalue weighted by Crippen LogP contribution is 2.48. The standard InChI is InChI=1S/C24H28N2O2/c1-28-20-10-8-17(9-11-20)16-2-6-19(7-3-16)24(27)23-21(18-4-5-18)12-13-26-15-25-14-22(23)26/h8-16,18-19,24,27H,2-7H2,1H3/t16-,19-,24-/m0/s1. The summed E-state index contributed by atoms with van der Waals surface area (Å²) in [6, 6.07) is 10.7. The molecule has 2 saturated carbocycles. The third kappa shape index (κ3) is 3.20. The molecule has 2 heterocycles. The number of aliphatic hydroxyl groups excluding tert-OH is 1. The molecule has 0 aliphatic heterocycles. The molecule has 0 unspecified atom stereocenters. The maximum absolute atomic E-state index is 11.4. The van der Waals surface area contributed by atoms with Crippen molar-refractivity contribution in [2.75, 3.05) is 7.11 Å². The highest BCUT2D eigenvalue weighted by Gasteiger charge is 2.34. The van der Waals surface area contributed by atoms with Gasteiger partial charge in [0.2, 0.25) is 0 Å². The van der Waals surface area contributed by atoms with E-state index < -0.39 is 6.10 Å². The van der Waals surface area contributed by atoms with Crippen molar-refractivity contribution >= 4 is 5.52 Å². The molecule has 1 atom stereocenters. The Morgan fingerprint density at radius 1 is 1.00 bits per heavy atom. The van der Waals surface area contributed by atoms with Crippen molar-refractivity contribution in [1.82, 2.24) is 9.38 Å². The first kappa shape index (κ1) is 17.7. The van der Waals surface area contributed by atoms with Crippen molar-refractivity contribution in [2.45, 2.75) is 56.5 Å². The van der Waals surface area contributed by atoms with Gasteiger partial charge >= 0.3 is 0 Å². The summed E-state index contributed by atoms with van der Waals surface area (Å²) < 4.78 is 7.33. The molecule has 2 aliphatic rings. The first-order valence-corrected chi connectivity index (χ1v) is 10.5. The van der Waals surface area contributed by atoms with Gasteiger partial charge in [-0.2, -0.15) is 0 Å². The minimum absolute atomic E-state index is 0.327. The van der Waals surface area contributed by atoms with E-state index in [0.29, 0.717) is 17.8 Å². The van der Waals surface area contributed by atoms with E-state index in [0.717, 1.165) is 42.5 Å². The van der Waals surface area contributed by atoms with E-state index in [2.05, 4.69) is 41.5 Å². The molecule has 0 amide bonds. The molecule has 0 saturated heterocycles. The molecule has 4 heteroatoms. The van der Waals surface area contributed by atoms with Crippen LogP contribution in [0.25, 0.3) is 5.52 Å². The van der Waals surface area contributed by atoms with Gasteiger partial charge in [0.05, 0.1) is 31.3 Å².